The molecule has 1 atom stereocenters. The highest BCUT2D eigenvalue weighted by molar-refractivity contribution is 5.69. The molecular formula is C11H17NO4. The van der Waals surface area contributed by atoms with Crippen LogP contribution in [0.25, 0.3) is 0 Å². The number of allylic oxidation sites excluding steroid dienone is 1. The second-order valence-electron chi connectivity index (χ2n) is 3.84. The summed E-state index contributed by atoms with van der Waals surface area (Å²) in [6.45, 7) is 2.90. The van der Waals surface area contributed by atoms with Gasteiger partial charge in [-0.1, -0.05) is 11.6 Å². The molecule has 0 aliphatic carbocycles. The summed E-state index contributed by atoms with van der Waals surface area (Å²) < 4.78 is 4.64. The second kappa shape index (κ2) is 5.53. The van der Waals surface area contributed by atoms with Crippen molar-refractivity contribution in [3.05, 3.63) is 11.6 Å². The number of piperidine rings is 1. The molecule has 1 aliphatic heterocycles. The molecule has 0 spiro atoms. The van der Waals surface area contributed by atoms with Gasteiger partial charge in [0, 0.05) is 13.1 Å². The first kappa shape index (κ1) is 12.5. The number of carbonyl (C=O) groups excluding carboxylic acids is 1. The third-order valence-corrected chi connectivity index (χ3v) is 2.87. The highest BCUT2D eigenvalue weighted by Gasteiger charge is 2.27. The van der Waals surface area contributed by atoms with Crippen molar-refractivity contribution in [2.75, 3.05) is 20.2 Å². The topological polar surface area (TPSA) is 66.8 Å². The van der Waals surface area contributed by atoms with E-state index in [1.807, 2.05) is 13.0 Å². The second-order valence-corrected chi connectivity index (χ2v) is 3.84. The van der Waals surface area contributed by atoms with Crippen molar-refractivity contribution >= 4 is 12.1 Å². The van der Waals surface area contributed by atoms with Gasteiger partial charge in [0.15, 0.2) is 0 Å². The molecule has 1 aliphatic rings. The van der Waals surface area contributed by atoms with Gasteiger partial charge in [-0.3, -0.25) is 4.79 Å². The van der Waals surface area contributed by atoms with Crippen LogP contribution in [0.1, 0.15) is 19.8 Å². The van der Waals surface area contributed by atoms with Gasteiger partial charge in [0.25, 0.3) is 0 Å². The van der Waals surface area contributed by atoms with Crippen molar-refractivity contribution < 1.29 is 19.4 Å². The summed E-state index contributed by atoms with van der Waals surface area (Å²) in [5.41, 5.74) is 0.999. The van der Waals surface area contributed by atoms with E-state index >= 15 is 0 Å². The van der Waals surface area contributed by atoms with E-state index < -0.39 is 5.97 Å². The number of carboxylic acids is 1. The van der Waals surface area contributed by atoms with Crippen molar-refractivity contribution in [3.63, 3.8) is 0 Å². The number of hydrogen-bond donors (Lipinski definition) is 1. The molecule has 0 bridgehead atoms. The Balaban J connectivity index is 2.64. The Kier molecular flexibility index (Phi) is 4.34. The van der Waals surface area contributed by atoms with Gasteiger partial charge >= 0.3 is 12.1 Å². The lowest BCUT2D eigenvalue weighted by Gasteiger charge is -2.32. The van der Waals surface area contributed by atoms with E-state index in [0.717, 1.165) is 5.57 Å². The fourth-order valence-electron chi connectivity index (χ4n) is 1.98. The molecule has 90 valence electrons. The van der Waals surface area contributed by atoms with Crippen molar-refractivity contribution in [1.82, 2.24) is 4.90 Å². The number of rotatable bonds is 2. The van der Waals surface area contributed by atoms with E-state index in [9.17, 15) is 9.59 Å². The van der Waals surface area contributed by atoms with Crippen LogP contribution in [0, 0.1) is 5.92 Å². The van der Waals surface area contributed by atoms with Gasteiger partial charge in [0.1, 0.15) is 0 Å². The Morgan fingerprint density at radius 2 is 2.31 bits per heavy atom. The molecule has 5 heteroatoms. The Morgan fingerprint density at radius 1 is 1.62 bits per heavy atom. The van der Waals surface area contributed by atoms with Crippen molar-refractivity contribution in [2.45, 2.75) is 19.8 Å². The first-order valence-corrected chi connectivity index (χ1v) is 5.28. The van der Waals surface area contributed by atoms with E-state index in [0.29, 0.717) is 19.5 Å². The monoisotopic (exact) mass is 227 g/mol. The van der Waals surface area contributed by atoms with Gasteiger partial charge in [-0.2, -0.15) is 0 Å². The minimum Gasteiger partial charge on any atom is -0.481 e. The molecule has 0 aromatic heterocycles. The van der Waals surface area contributed by atoms with E-state index in [4.69, 9.17) is 5.11 Å². The highest BCUT2D eigenvalue weighted by atomic mass is 16.5. The number of methoxy groups -OCH3 is 1. The Labute approximate surface area is 94.7 Å². The molecule has 0 saturated carbocycles. The third-order valence-electron chi connectivity index (χ3n) is 2.87. The quantitative estimate of drug-likeness (QED) is 0.726. The lowest BCUT2D eigenvalue weighted by Crippen LogP contribution is -2.40. The number of aliphatic carboxylic acids is 1. The first-order valence-electron chi connectivity index (χ1n) is 5.28. The van der Waals surface area contributed by atoms with E-state index in [-0.39, 0.29) is 18.4 Å². The van der Waals surface area contributed by atoms with Crippen LogP contribution in [-0.4, -0.2) is 42.3 Å². The number of hydrogen-bond acceptors (Lipinski definition) is 3. The largest absolute Gasteiger partial charge is 0.481 e. The van der Waals surface area contributed by atoms with Crippen LogP contribution in [0.15, 0.2) is 11.6 Å². The molecule has 1 fully saturated rings. The molecule has 1 rings (SSSR count). The number of amides is 1. The van der Waals surface area contributed by atoms with Crippen molar-refractivity contribution in [2.24, 2.45) is 5.92 Å². The zero-order chi connectivity index (χ0) is 12.1. The van der Waals surface area contributed by atoms with Gasteiger partial charge < -0.3 is 14.7 Å². The van der Waals surface area contributed by atoms with Crippen molar-refractivity contribution in [1.29, 1.82) is 0 Å². The van der Waals surface area contributed by atoms with Crippen LogP contribution in [0.5, 0.6) is 0 Å². The normalized spacial score (nSPS) is 23.2. The van der Waals surface area contributed by atoms with Crippen molar-refractivity contribution in [3.8, 4) is 0 Å². The highest BCUT2D eigenvalue weighted by Crippen LogP contribution is 2.26. The number of nitrogens with zero attached hydrogens (tertiary/aromatic N) is 1. The predicted octanol–water partition coefficient (Wildman–Crippen LogP) is 1.50. The molecular weight excluding hydrogens is 210 g/mol. The smallest absolute Gasteiger partial charge is 0.409 e. The average molecular weight is 227 g/mol. The molecule has 1 heterocycles. The Morgan fingerprint density at radius 3 is 2.81 bits per heavy atom. The summed E-state index contributed by atoms with van der Waals surface area (Å²) >= 11 is 0. The van der Waals surface area contributed by atoms with Crippen LogP contribution in [-0.2, 0) is 9.53 Å². The average Bonchev–Trinajstić information content (AvgIpc) is 2.27. The lowest BCUT2D eigenvalue weighted by molar-refractivity contribution is -0.138. The Hall–Kier alpha value is -1.52. The zero-order valence-electron chi connectivity index (χ0n) is 9.60. The van der Waals surface area contributed by atoms with Crippen LogP contribution >= 0.6 is 0 Å². The minimum absolute atomic E-state index is 0.0448. The maximum atomic E-state index is 11.3. The number of carbonyl (C=O) groups is 2. The lowest BCUT2D eigenvalue weighted by atomic mass is 9.88. The molecule has 1 amide bonds. The summed E-state index contributed by atoms with van der Waals surface area (Å²) in [7, 11) is 1.35. The van der Waals surface area contributed by atoms with Crippen LogP contribution in [0.2, 0.25) is 0 Å². The van der Waals surface area contributed by atoms with Crippen LogP contribution in [0.4, 0.5) is 4.79 Å². The molecule has 0 aromatic carbocycles. The SMILES string of the molecule is C/C=C1\CN(C(=O)OC)CCC1CC(=O)O. The number of ether oxygens (including phenoxy) is 1. The maximum absolute atomic E-state index is 11.3. The summed E-state index contributed by atoms with van der Waals surface area (Å²) in [5, 5.41) is 8.77. The molecule has 1 unspecified atom stereocenters. The summed E-state index contributed by atoms with van der Waals surface area (Å²) in [4.78, 5) is 23.6. The summed E-state index contributed by atoms with van der Waals surface area (Å²) in [6.07, 6.45) is 2.35. The van der Waals surface area contributed by atoms with Gasteiger partial charge in [-0.15, -0.1) is 0 Å². The van der Waals surface area contributed by atoms with Gasteiger partial charge in [-0.05, 0) is 19.3 Å². The molecule has 0 aromatic rings. The van der Waals surface area contributed by atoms with Gasteiger partial charge in [0.05, 0.1) is 13.5 Å². The number of carboxylic acid groups (broad SMARTS) is 1. The minimum atomic E-state index is -0.795. The van der Waals surface area contributed by atoms with Crippen LogP contribution < -0.4 is 0 Å². The fourth-order valence-corrected chi connectivity index (χ4v) is 1.98. The summed E-state index contributed by atoms with van der Waals surface area (Å²) in [5.74, 6) is -0.751. The van der Waals surface area contributed by atoms with E-state index in [2.05, 4.69) is 4.74 Å². The van der Waals surface area contributed by atoms with E-state index in [1.165, 1.54) is 7.11 Å². The number of likely N-dealkylation sites (tertiary alicyclic amines) is 1. The summed E-state index contributed by atoms with van der Waals surface area (Å²) in [6, 6.07) is 0. The maximum Gasteiger partial charge on any atom is 0.409 e. The zero-order valence-corrected chi connectivity index (χ0v) is 9.60. The standard InChI is InChI=1S/C11H17NO4/c1-3-8-7-12(11(15)16-2)5-4-9(8)6-10(13)14/h3,9H,4-7H2,1-2H3,(H,13,14)/b8-3+. The fraction of sp³-hybridized carbons (Fsp3) is 0.636. The first-order chi connectivity index (χ1) is 7.58. The van der Waals surface area contributed by atoms with Crippen LogP contribution in [0.3, 0.4) is 0 Å². The third kappa shape index (κ3) is 2.98. The van der Waals surface area contributed by atoms with Gasteiger partial charge in [0.2, 0.25) is 0 Å². The molecule has 16 heavy (non-hydrogen) atoms. The molecule has 1 N–H and O–H groups in total. The van der Waals surface area contributed by atoms with E-state index in [1.54, 1.807) is 4.90 Å². The molecule has 1 saturated heterocycles. The predicted molar refractivity (Wildman–Crippen MR) is 58.1 cm³/mol. The molecule has 5 nitrogen and oxygen atoms in total. The molecule has 0 radical (unpaired) electrons. The van der Waals surface area contributed by atoms with Gasteiger partial charge in [-0.25, -0.2) is 4.79 Å². The Bertz CT molecular complexity index is 311.